The highest BCUT2D eigenvalue weighted by Gasteiger charge is 2.10. The molecule has 4 nitrogen and oxygen atoms in total. The Bertz CT molecular complexity index is 634. The van der Waals surface area contributed by atoms with Crippen LogP contribution < -0.4 is 4.74 Å². The Balaban J connectivity index is 1.62. The normalized spacial score (nSPS) is 10.3. The molecule has 2 aromatic rings. The first-order valence-corrected chi connectivity index (χ1v) is 8.51. The van der Waals surface area contributed by atoms with Crippen LogP contribution in [0.5, 0.6) is 5.75 Å². The minimum Gasteiger partial charge on any atom is -0.490 e. The van der Waals surface area contributed by atoms with Gasteiger partial charge in [0.15, 0.2) is 5.78 Å². The topological polar surface area (TPSA) is 52.6 Å². The molecule has 0 atom stereocenters. The smallest absolute Gasteiger partial charge is 0.306 e. The van der Waals surface area contributed by atoms with Crippen LogP contribution in [-0.2, 0) is 16.0 Å². The number of hydrogen-bond donors (Lipinski definition) is 0. The Kier molecular flexibility index (Phi) is 6.81. The highest BCUT2D eigenvalue weighted by atomic mass is 32.1. The van der Waals surface area contributed by atoms with Crippen LogP contribution in [0.3, 0.4) is 0 Å². The fourth-order valence-electron chi connectivity index (χ4n) is 2.02. The minimum atomic E-state index is -0.374. The average molecular weight is 332 g/mol. The van der Waals surface area contributed by atoms with Gasteiger partial charge in [0.05, 0.1) is 11.3 Å². The van der Waals surface area contributed by atoms with Gasteiger partial charge in [-0.15, -0.1) is 11.3 Å². The molecular formula is C18H20O4S. The van der Waals surface area contributed by atoms with E-state index in [-0.39, 0.29) is 31.2 Å². The van der Waals surface area contributed by atoms with Crippen molar-refractivity contribution in [3.05, 3.63) is 52.2 Å². The van der Waals surface area contributed by atoms with Gasteiger partial charge in [0, 0.05) is 6.42 Å². The summed E-state index contributed by atoms with van der Waals surface area (Å²) < 4.78 is 10.6. The number of Topliss-reactive ketones (excluding diaryl/α,β-unsaturated/α-hetero) is 1. The van der Waals surface area contributed by atoms with Crippen LogP contribution in [0, 0.1) is 0 Å². The maximum Gasteiger partial charge on any atom is 0.306 e. The van der Waals surface area contributed by atoms with E-state index in [1.165, 1.54) is 16.9 Å². The van der Waals surface area contributed by atoms with Crippen molar-refractivity contribution >= 4 is 23.1 Å². The monoisotopic (exact) mass is 332 g/mol. The van der Waals surface area contributed by atoms with Gasteiger partial charge < -0.3 is 9.47 Å². The van der Waals surface area contributed by atoms with Crippen LogP contribution in [0.2, 0.25) is 0 Å². The second-order valence-electron chi connectivity index (χ2n) is 4.97. The second-order valence-corrected chi connectivity index (χ2v) is 5.92. The van der Waals surface area contributed by atoms with Gasteiger partial charge in [0.25, 0.3) is 0 Å². The van der Waals surface area contributed by atoms with E-state index in [9.17, 15) is 9.59 Å². The van der Waals surface area contributed by atoms with Gasteiger partial charge in [-0.3, -0.25) is 9.59 Å². The standard InChI is InChI=1S/C18H20O4S/c1-2-14-5-3-6-15(13-14)21-10-11-22-18(20)9-8-16(19)17-7-4-12-23-17/h3-7,12-13H,2,8-11H2,1H3. The zero-order chi connectivity index (χ0) is 16.5. The van der Waals surface area contributed by atoms with Gasteiger partial charge in [0.2, 0.25) is 0 Å². The van der Waals surface area contributed by atoms with Gasteiger partial charge in [-0.05, 0) is 35.6 Å². The van der Waals surface area contributed by atoms with Crippen LogP contribution in [0.1, 0.15) is 35.0 Å². The lowest BCUT2D eigenvalue weighted by Gasteiger charge is -2.08. The molecule has 1 heterocycles. The first-order valence-electron chi connectivity index (χ1n) is 7.63. The summed E-state index contributed by atoms with van der Waals surface area (Å²) in [6.07, 6.45) is 1.23. The van der Waals surface area contributed by atoms with Crippen molar-refractivity contribution < 1.29 is 19.1 Å². The number of carbonyl (C=O) groups is 2. The van der Waals surface area contributed by atoms with E-state index < -0.39 is 0 Å². The predicted octanol–water partition coefficient (Wildman–Crippen LogP) is 3.90. The Morgan fingerprint density at radius 1 is 1.09 bits per heavy atom. The highest BCUT2D eigenvalue weighted by molar-refractivity contribution is 7.12. The predicted molar refractivity (Wildman–Crippen MR) is 90.2 cm³/mol. The SMILES string of the molecule is CCc1cccc(OCCOC(=O)CCC(=O)c2cccs2)c1. The zero-order valence-corrected chi connectivity index (χ0v) is 13.9. The zero-order valence-electron chi connectivity index (χ0n) is 13.1. The molecule has 0 saturated carbocycles. The summed E-state index contributed by atoms with van der Waals surface area (Å²) in [5.74, 6) is 0.374. The number of hydrogen-bond acceptors (Lipinski definition) is 5. The lowest BCUT2D eigenvalue weighted by atomic mass is 10.2. The number of ketones is 1. The van der Waals surface area contributed by atoms with E-state index in [0.717, 1.165) is 12.2 Å². The van der Waals surface area contributed by atoms with E-state index in [2.05, 4.69) is 6.92 Å². The van der Waals surface area contributed by atoms with Gasteiger partial charge in [0.1, 0.15) is 19.0 Å². The molecule has 0 spiro atoms. The van der Waals surface area contributed by atoms with Gasteiger partial charge in [-0.2, -0.15) is 0 Å². The maximum atomic E-state index is 11.8. The molecule has 0 amide bonds. The third-order valence-corrected chi connectivity index (χ3v) is 4.18. The van der Waals surface area contributed by atoms with E-state index >= 15 is 0 Å². The minimum absolute atomic E-state index is 0.0235. The first kappa shape index (κ1) is 17.2. The van der Waals surface area contributed by atoms with Crippen LogP contribution in [-0.4, -0.2) is 25.0 Å². The van der Waals surface area contributed by atoms with E-state index in [1.54, 1.807) is 6.07 Å². The molecule has 1 aromatic carbocycles. The Labute approximate surface area is 140 Å². The maximum absolute atomic E-state index is 11.8. The Morgan fingerprint density at radius 3 is 2.70 bits per heavy atom. The third kappa shape index (κ3) is 5.87. The number of benzene rings is 1. The van der Waals surface area contributed by atoms with Crippen molar-refractivity contribution in [2.45, 2.75) is 26.2 Å². The van der Waals surface area contributed by atoms with Crippen molar-refractivity contribution in [2.24, 2.45) is 0 Å². The fraction of sp³-hybridized carbons (Fsp3) is 0.333. The molecule has 0 radical (unpaired) electrons. The van der Waals surface area contributed by atoms with Crippen molar-refractivity contribution in [1.82, 2.24) is 0 Å². The molecule has 5 heteroatoms. The number of carbonyl (C=O) groups excluding carboxylic acids is 2. The summed E-state index contributed by atoms with van der Waals surface area (Å²) in [5, 5.41) is 1.84. The number of ether oxygens (including phenoxy) is 2. The molecule has 0 saturated heterocycles. The molecule has 0 aliphatic carbocycles. The van der Waals surface area contributed by atoms with Crippen molar-refractivity contribution in [3.63, 3.8) is 0 Å². The number of esters is 1. The number of aryl methyl sites for hydroxylation is 1. The van der Waals surface area contributed by atoms with Crippen LogP contribution in [0.15, 0.2) is 41.8 Å². The van der Waals surface area contributed by atoms with E-state index in [1.807, 2.05) is 35.7 Å². The van der Waals surface area contributed by atoms with Crippen molar-refractivity contribution in [1.29, 1.82) is 0 Å². The highest BCUT2D eigenvalue weighted by Crippen LogP contribution is 2.14. The van der Waals surface area contributed by atoms with E-state index in [0.29, 0.717) is 11.5 Å². The van der Waals surface area contributed by atoms with Gasteiger partial charge in [-0.1, -0.05) is 25.1 Å². The first-order chi connectivity index (χ1) is 11.2. The van der Waals surface area contributed by atoms with Crippen molar-refractivity contribution in [2.75, 3.05) is 13.2 Å². The molecule has 0 N–H and O–H groups in total. The summed E-state index contributed by atoms with van der Waals surface area (Å²) in [6, 6.07) is 11.4. The molecule has 122 valence electrons. The molecule has 1 aromatic heterocycles. The van der Waals surface area contributed by atoms with Crippen molar-refractivity contribution in [3.8, 4) is 5.75 Å². The molecule has 0 aliphatic heterocycles. The molecule has 0 unspecified atom stereocenters. The third-order valence-electron chi connectivity index (χ3n) is 3.27. The van der Waals surface area contributed by atoms with E-state index in [4.69, 9.17) is 9.47 Å². The summed E-state index contributed by atoms with van der Waals surface area (Å²) in [4.78, 5) is 24.0. The summed E-state index contributed by atoms with van der Waals surface area (Å²) in [5.41, 5.74) is 1.20. The molecule has 0 bridgehead atoms. The van der Waals surface area contributed by atoms with Crippen LogP contribution in [0.4, 0.5) is 0 Å². The molecule has 2 rings (SSSR count). The summed E-state index contributed by atoms with van der Waals surface area (Å²) in [7, 11) is 0. The summed E-state index contributed by atoms with van der Waals surface area (Å²) in [6.45, 7) is 2.57. The fourth-order valence-corrected chi connectivity index (χ4v) is 2.71. The van der Waals surface area contributed by atoms with Crippen LogP contribution in [0.25, 0.3) is 0 Å². The Morgan fingerprint density at radius 2 is 1.96 bits per heavy atom. The lowest BCUT2D eigenvalue weighted by molar-refractivity contribution is -0.144. The van der Waals surface area contributed by atoms with Gasteiger partial charge in [-0.25, -0.2) is 0 Å². The lowest BCUT2D eigenvalue weighted by Crippen LogP contribution is -2.13. The van der Waals surface area contributed by atoms with Gasteiger partial charge >= 0.3 is 5.97 Å². The average Bonchev–Trinajstić information content (AvgIpc) is 3.11. The quantitative estimate of drug-likeness (QED) is 0.397. The molecular weight excluding hydrogens is 312 g/mol. The number of thiophene rings is 1. The van der Waals surface area contributed by atoms with Crippen LogP contribution >= 0.6 is 11.3 Å². The number of rotatable bonds is 9. The molecule has 0 fully saturated rings. The molecule has 0 aliphatic rings. The Hall–Kier alpha value is -2.14. The second kappa shape index (κ2) is 9.10. The summed E-state index contributed by atoms with van der Waals surface area (Å²) >= 11 is 1.38. The largest absolute Gasteiger partial charge is 0.490 e. The molecule has 23 heavy (non-hydrogen) atoms.